The molecule has 0 saturated carbocycles. The van der Waals surface area contributed by atoms with Gasteiger partial charge in [0.25, 0.3) is 0 Å². The fraction of sp³-hybridized carbons (Fsp3) is 0.0952. The quantitative estimate of drug-likeness (QED) is 0.154. The van der Waals surface area contributed by atoms with Crippen LogP contribution < -0.4 is 4.74 Å². The Kier molecular flexibility index (Phi) is 10.2. The van der Waals surface area contributed by atoms with Crippen LogP contribution >= 0.6 is 59.9 Å². The summed E-state index contributed by atoms with van der Waals surface area (Å²) in [7, 11) is 0. The number of carbonyl (C=O) groups is 1. The van der Waals surface area contributed by atoms with E-state index < -0.39 is 11.8 Å². The number of halogens is 4. The van der Waals surface area contributed by atoms with Gasteiger partial charge in [0, 0.05) is 0 Å². The van der Waals surface area contributed by atoms with E-state index in [9.17, 15) is 9.18 Å². The van der Waals surface area contributed by atoms with Gasteiger partial charge in [0.2, 0.25) is 0 Å². The number of benzene rings is 3. The summed E-state index contributed by atoms with van der Waals surface area (Å²) in [5.41, 5.74) is 4.43. The Hall–Kier alpha value is -0.166. The first-order chi connectivity index (χ1) is 13.3. The molecule has 0 N–H and O–H groups in total. The second kappa shape index (κ2) is 11.9. The van der Waals surface area contributed by atoms with Gasteiger partial charge in [-0.25, -0.2) is 9.18 Å². The molecule has 0 saturated heterocycles. The van der Waals surface area contributed by atoms with Crippen LogP contribution in [0.2, 0.25) is 0 Å². The van der Waals surface area contributed by atoms with Crippen LogP contribution in [-0.2, 0) is 4.92 Å². The van der Waals surface area contributed by atoms with E-state index in [4.69, 9.17) is 4.74 Å². The summed E-state index contributed by atoms with van der Waals surface area (Å²) >= 11 is 7.39. The molecule has 0 bridgehead atoms. The number of hydrogen-bond acceptors (Lipinski definition) is 2. The van der Waals surface area contributed by atoms with E-state index in [1.165, 1.54) is 17.7 Å². The predicted octanol–water partition coefficient (Wildman–Crippen LogP) is 7.98. The third-order valence-corrected chi connectivity index (χ3v) is 3.80. The Morgan fingerprint density at radius 1 is 0.821 bits per heavy atom. The molecule has 0 spiro atoms. The Labute approximate surface area is 202 Å². The summed E-state index contributed by atoms with van der Waals surface area (Å²) in [5.74, 6) is -1.18. The van der Waals surface area contributed by atoms with Crippen LogP contribution in [0.25, 0.3) is 11.1 Å². The summed E-state index contributed by atoms with van der Waals surface area (Å²) in [6, 6.07) is 19.7. The van der Waals surface area contributed by atoms with Crippen molar-refractivity contribution in [1.82, 2.24) is 0 Å². The van der Waals surface area contributed by atoms with Crippen LogP contribution in [-0.4, -0.2) is 5.97 Å². The maximum absolute atomic E-state index is 13.8. The molecule has 2 nitrogen and oxygen atoms in total. The molecule has 0 radical (unpaired) electrons. The van der Waals surface area contributed by atoms with Gasteiger partial charge in [-0.15, -0.1) is 0 Å². The van der Waals surface area contributed by atoms with Crippen molar-refractivity contribution in [3.63, 3.8) is 0 Å². The number of hydrogen-bond donors (Lipinski definition) is 0. The van der Waals surface area contributed by atoms with Crippen LogP contribution in [0.4, 0.5) is 4.39 Å². The van der Waals surface area contributed by atoms with Gasteiger partial charge < -0.3 is 4.74 Å². The number of ether oxygens (including phenoxy) is 1. The Morgan fingerprint density at radius 2 is 1.29 bits per heavy atom. The molecule has 0 heterocycles. The average molecular weight is 752 g/mol. The monoisotopic (exact) mass is 752 g/mol. The van der Waals surface area contributed by atoms with Crippen LogP contribution in [0.15, 0.2) is 66.7 Å². The van der Waals surface area contributed by atoms with E-state index >= 15 is 0 Å². The van der Waals surface area contributed by atoms with E-state index in [0.717, 1.165) is 16.7 Å². The minimum atomic E-state index is -0.576. The molecule has 3 aromatic rings. The summed E-state index contributed by atoms with van der Waals surface area (Å²) in [6.07, 6.45) is 0. The summed E-state index contributed by atoms with van der Waals surface area (Å²) in [5, 5.41) is 0. The van der Waals surface area contributed by atoms with Crippen molar-refractivity contribution in [2.24, 2.45) is 0 Å². The van der Waals surface area contributed by atoms with Crippen LogP contribution in [0.1, 0.15) is 21.5 Å². The molecule has 0 fully saturated rings. The zero-order valence-corrected chi connectivity index (χ0v) is 23.0. The molecule has 0 unspecified atom stereocenters. The van der Waals surface area contributed by atoms with Gasteiger partial charge in [-0.1, -0.05) is 48.0 Å². The standard InChI is InChI=1S/C21H17FO2.3HI.V/c1-14-3-6-16(7-4-14)17-8-10-18(11-9-17)21(23)24-20-12-5-15(2)13-19(20)22;;;;/h3-13H,1-2H3;3*1H;/q;;;;+3/p-3. The molecule has 0 aliphatic heterocycles. The van der Waals surface area contributed by atoms with Gasteiger partial charge in [-0.3, -0.25) is 0 Å². The van der Waals surface area contributed by atoms with E-state index in [1.807, 2.05) is 43.3 Å². The third-order valence-electron chi connectivity index (χ3n) is 3.80. The topological polar surface area (TPSA) is 26.3 Å². The molecular weight excluding hydrogens is 735 g/mol. The Morgan fingerprint density at radius 3 is 1.79 bits per heavy atom. The summed E-state index contributed by atoms with van der Waals surface area (Å²) in [6.45, 7) is 3.81. The molecule has 0 aromatic heterocycles. The van der Waals surface area contributed by atoms with Gasteiger partial charge in [-0.2, -0.15) is 0 Å². The van der Waals surface area contributed by atoms with Crippen LogP contribution in [0.5, 0.6) is 5.75 Å². The zero-order chi connectivity index (χ0) is 20.7. The van der Waals surface area contributed by atoms with Crippen molar-refractivity contribution < 1.29 is 18.8 Å². The molecule has 0 aliphatic carbocycles. The van der Waals surface area contributed by atoms with Gasteiger partial charge in [-0.05, 0) is 54.8 Å². The van der Waals surface area contributed by atoms with E-state index in [-0.39, 0.29) is 10.7 Å². The predicted molar refractivity (Wildman–Crippen MR) is 135 cm³/mol. The second-order valence-electron chi connectivity index (χ2n) is 5.96. The first-order valence-electron chi connectivity index (χ1n) is 8.19. The summed E-state index contributed by atoms with van der Waals surface area (Å²) in [4.78, 5) is 11.9. The fourth-order valence-corrected chi connectivity index (χ4v) is 2.39. The van der Waals surface area contributed by atoms with Crippen LogP contribution in [0, 0.1) is 19.7 Å². The first kappa shape index (κ1) is 24.1. The molecule has 3 aromatic carbocycles. The van der Waals surface area contributed by atoms with E-state index in [2.05, 4.69) is 59.9 Å². The molecule has 0 aliphatic rings. The molecule has 7 heteroatoms. The normalized spacial score (nSPS) is 10.2. The van der Waals surface area contributed by atoms with Crippen molar-refractivity contribution >= 4 is 65.9 Å². The molecule has 3 rings (SSSR count). The number of esters is 1. The van der Waals surface area contributed by atoms with Gasteiger partial charge in [0.15, 0.2) is 11.6 Å². The minimum absolute atomic E-state index is 0.0618. The van der Waals surface area contributed by atoms with Crippen molar-refractivity contribution in [2.45, 2.75) is 13.8 Å². The van der Waals surface area contributed by atoms with Gasteiger partial charge in [0.1, 0.15) is 0 Å². The fourth-order valence-electron chi connectivity index (χ4n) is 2.39. The SMILES string of the molecule is Cc1ccc(-c2ccc(C(=O)Oc3ccc(C)cc3F)cc2)cc1.[I][V]([I])[I]. The zero-order valence-electron chi connectivity index (χ0n) is 15.1. The first-order valence-corrected chi connectivity index (χ1v) is 21.7. The third kappa shape index (κ3) is 7.93. The van der Waals surface area contributed by atoms with Crippen molar-refractivity contribution in [1.29, 1.82) is 0 Å². The molecule has 0 amide bonds. The second-order valence-corrected chi connectivity index (χ2v) is 41.3. The van der Waals surface area contributed by atoms with Crippen molar-refractivity contribution in [3.05, 3.63) is 89.2 Å². The molecule has 146 valence electrons. The van der Waals surface area contributed by atoms with Crippen molar-refractivity contribution in [2.75, 3.05) is 0 Å². The maximum atomic E-state index is 13.8. The Bertz CT molecular complexity index is 927. The van der Waals surface area contributed by atoms with Crippen molar-refractivity contribution in [3.8, 4) is 16.9 Å². The van der Waals surface area contributed by atoms with Gasteiger partial charge >= 0.3 is 70.8 Å². The molecular formula is C21H17FI3O2V. The number of carbonyl (C=O) groups excluding carboxylic acids is 1. The molecule has 0 atom stereocenters. The number of rotatable bonds is 3. The Balaban J connectivity index is 0.000000640. The molecule has 28 heavy (non-hydrogen) atoms. The number of aryl methyl sites for hydroxylation is 2. The average Bonchev–Trinajstić information content (AvgIpc) is 2.64. The van der Waals surface area contributed by atoms with E-state index in [0.29, 0.717) is 5.56 Å². The van der Waals surface area contributed by atoms with E-state index in [1.54, 1.807) is 25.1 Å². The van der Waals surface area contributed by atoms with Crippen LogP contribution in [0.3, 0.4) is 0 Å². The summed E-state index contributed by atoms with van der Waals surface area (Å²) < 4.78 is 18.9. The van der Waals surface area contributed by atoms with Gasteiger partial charge in [0.05, 0.1) is 5.56 Å².